The summed E-state index contributed by atoms with van der Waals surface area (Å²) in [4.78, 5) is 13.3. The molecule has 1 heterocycles. The number of aliphatic hydroxyl groups excluding tert-OH is 1. The molecule has 1 aliphatic carbocycles. The van der Waals surface area contributed by atoms with E-state index in [4.69, 9.17) is 4.74 Å². The van der Waals surface area contributed by atoms with Gasteiger partial charge in [0.15, 0.2) is 0 Å². The standard InChI is InChI=1S/C12H21NO3/c1-11(2,3)16-10(15)13-8-12(5-4-6-12)7-9(13)14/h9,14H,4-8H2,1-3H3. The molecule has 92 valence electrons. The van der Waals surface area contributed by atoms with E-state index in [0.717, 1.165) is 12.8 Å². The van der Waals surface area contributed by atoms with Crippen LogP contribution in [0, 0.1) is 5.41 Å². The van der Waals surface area contributed by atoms with E-state index in [1.165, 1.54) is 11.3 Å². The molecule has 1 N–H and O–H groups in total. The Bertz CT molecular complexity index is 291. The molecule has 0 bridgehead atoms. The van der Waals surface area contributed by atoms with Gasteiger partial charge in [-0.15, -0.1) is 0 Å². The Hall–Kier alpha value is -0.770. The van der Waals surface area contributed by atoms with Crippen LogP contribution in [0.3, 0.4) is 0 Å². The monoisotopic (exact) mass is 227 g/mol. The fourth-order valence-corrected chi connectivity index (χ4v) is 2.57. The van der Waals surface area contributed by atoms with Crippen LogP contribution in [0.2, 0.25) is 0 Å². The summed E-state index contributed by atoms with van der Waals surface area (Å²) in [6.07, 6.45) is 3.15. The van der Waals surface area contributed by atoms with E-state index in [0.29, 0.717) is 13.0 Å². The minimum Gasteiger partial charge on any atom is -0.444 e. The highest BCUT2D eigenvalue weighted by atomic mass is 16.6. The summed E-state index contributed by atoms with van der Waals surface area (Å²) >= 11 is 0. The number of hydrogen-bond donors (Lipinski definition) is 1. The first kappa shape index (κ1) is 11.7. The van der Waals surface area contributed by atoms with Crippen molar-refractivity contribution < 1.29 is 14.6 Å². The molecule has 1 unspecified atom stereocenters. The maximum atomic E-state index is 11.8. The quantitative estimate of drug-likeness (QED) is 0.689. The van der Waals surface area contributed by atoms with Crippen molar-refractivity contribution in [1.82, 2.24) is 4.90 Å². The SMILES string of the molecule is CC(C)(C)OC(=O)N1CC2(CCC2)CC1O. The molecule has 1 saturated heterocycles. The first-order valence-electron chi connectivity index (χ1n) is 5.99. The predicted octanol–water partition coefficient (Wildman–Crippen LogP) is 2.12. The Morgan fingerprint density at radius 2 is 2.06 bits per heavy atom. The third-order valence-electron chi connectivity index (χ3n) is 3.52. The first-order chi connectivity index (χ1) is 7.31. The van der Waals surface area contributed by atoms with E-state index in [2.05, 4.69) is 0 Å². The molecule has 1 aliphatic heterocycles. The molecular weight excluding hydrogens is 206 g/mol. The largest absolute Gasteiger partial charge is 0.444 e. The number of nitrogens with zero attached hydrogens (tertiary/aromatic N) is 1. The van der Waals surface area contributed by atoms with Gasteiger partial charge < -0.3 is 9.84 Å². The van der Waals surface area contributed by atoms with Crippen LogP contribution in [0.15, 0.2) is 0 Å². The van der Waals surface area contributed by atoms with Crippen molar-refractivity contribution in [1.29, 1.82) is 0 Å². The zero-order valence-corrected chi connectivity index (χ0v) is 10.3. The first-order valence-corrected chi connectivity index (χ1v) is 5.99. The van der Waals surface area contributed by atoms with Crippen LogP contribution in [-0.4, -0.2) is 34.5 Å². The van der Waals surface area contributed by atoms with E-state index < -0.39 is 11.8 Å². The van der Waals surface area contributed by atoms with E-state index in [-0.39, 0.29) is 11.5 Å². The molecule has 0 aromatic rings. The van der Waals surface area contributed by atoms with Crippen molar-refractivity contribution >= 4 is 6.09 Å². The van der Waals surface area contributed by atoms with Crippen LogP contribution in [0.1, 0.15) is 46.5 Å². The average Bonchev–Trinajstić information content (AvgIpc) is 2.39. The summed E-state index contributed by atoms with van der Waals surface area (Å²) in [6, 6.07) is 0. The lowest BCUT2D eigenvalue weighted by molar-refractivity contribution is -0.0129. The van der Waals surface area contributed by atoms with E-state index >= 15 is 0 Å². The fourth-order valence-electron chi connectivity index (χ4n) is 2.57. The molecule has 1 saturated carbocycles. The Morgan fingerprint density at radius 3 is 2.44 bits per heavy atom. The molecule has 0 aromatic heterocycles. The molecule has 2 aliphatic rings. The van der Waals surface area contributed by atoms with Gasteiger partial charge >= 0.3 is 6.09 Å². The van der Waals surface area contributed by atoms with Gasteiger partial charge in [-0.25, -0.2) is 4.79 Å². The molecule has 1 amide bonds. The molecule has 4 nitrogen and oxygen atoms in total. The van der Waals surface area contributed by atoms with Crippen LogP contribution in [0.25, 0.3) is 0 Å². The second kappa shape index (κ2) is 3.62. The average molecular weight is 227 g/mol. The van der Waals surface area contributed by atoms with Gasteiger partial charge in [-0.05, 0) is 45.4 Å². The maximum Gasteiger partial charge on any atom is 0.412 e. The lowest BCUT2D eigenvalue weighted by Crippen LogP contribution is -2.41. The van der Waals surface area contributed by atoms with Gasteiger partial charge in [0.05, 0.1) is 0 Å². The van der Waals surface area contributed by atoms with Gasteiger partial charge in [0.2, 0.25) is 0 Å². The second-order valence-electron chi connectivity index (χ2n) is 6.15. The predicted molar refractivity (Wildman–Crippen MR) is 59.8 cm³/mol. The maximum absolute atomic E-state index is 11.8. The molecule has 1 atom stereocenters. The highest BCUT2D eigenvalue weighted by Gasteiger charge is 2.49. The van der Waals surface area contributed by atoms with Gasteiger partial charge in [-0.3, -0.25) is 4.90 Å². The third-order valence-corrected chi connectivity index (χ3v) is 3.52. The van der Waals surface area contributed by atoms with Gasteiger partial charge in [0.25, 0.3) is 0 Å². The van der Waals surface area contributed by atoms with Crippen LogP contribution < -0.4 is 0 Å². The highest BCUT2D eigenvalue weighted by molar-refractivity contribution is 5.69. The number of ether oxygens (including phenoxy) is 1. The number of likely N-dealkylation sites (tertiary alicyclic amines) is 1. The smallest absolute Gasteiger partial charge is 0.412 e. The summed E-state index contributed by atoms with van der Waals surface area (Å²) < 4.78 is 5.28. The molecule has 16 heavy (non-hydrogen) atoms. The lowest BCUT2D eigenvalue weighted by atomic mass is 9.68. The van der Waals surface area contributed by atoms with Gasteiger partial charge in [0.1, 0.15) is 11.8 Å². The van der Waals surface area contributed by atoms with Crippen LogP contribution >= 0.6 is 0 Å². The van der Waals surface area contributed by atoms with Crippen LogP contribution in [0.5, 0.6) is 0 Å². The zero-order valence-electron chi connectivity index (χ0n) is 10.3. The highest BCUT2D eigenvalue weighted by Crippen LogP contribution is 2.49. The number of rotatable bonds is 0. The summed E-state index contributed by atoms with van der Waals surface area (Å²) in [5.74, 6) is 0. The fraction of sp³-hybridized carbons (Fsp3) is 0.917. The number of carbonyl (C=O) groups is 1. The molecule has 0 radical (unpaired) electrons. The summed E-state index contributed by atoms with van der Waals surface area (Å²) in [7, 11) is 0. The Balaban J connectivity index is 1.97. The molecule has 0 aromatic carbocycles. The topological polar surface area (TPSA) is 49.8 Å². The minimum absolute atomic E-state index is 0.191. The summed E-state index contributed by atoms with van der Waals surface area (Å²) in [5, 5.41) is 9.88. The van der Waals surface area contributed by atoms with Crippen LogP contribution in [-0.2, 0) is 4.74 Å². The zero-order chi connectivity index (χ0) is 12.0. The van der Waals surface area contributed by atoms with Gasteiger partial charge in [0, 0.05) is 6.54 Å². The van der Waals surface area contributed by atoms with Gasteiger partial charge in [-0.1, -0.05) is 6.42 Å². The van der Waals surface area contributed by atoms with Crippen molar-refractivity contribution in [3.8, 4) is 0 Å². The second-order valence-corrected chi connectivity index (χ2v) is 6.15. The third kappa shape index (κ3) is 2.17. The van der Waals surface area contributed by atoms with Crippen molar-refractivity contribution in [3.05, 3.63) is 0 Å². The van der Waals surface area contributed by atoms with E-state index in [1.54, 1.807) is 0 Å². The number of carbonyl (C=O) groups excluding carboxylic acids is 1. The van der Waals surface area contributed by atoms with Gasteiger partial charge in [-0.2, -0.15) is 0 Å². The summed E-state index contributed by atoms with van der Waals surface area (Å²) in [5.41, 5.74) is -0.303. The van der Waals surface area contributed by atoms with Crippen LogP contribution in [0.4, 0.5) is 4.79 Å². The number of aliphatic hydroxyl groups is 1. The molecule has 2 fully saturated rings. The normalized spacial score (nSPS) is 28.0. The van der Waals surface area contributed by atoms with Crippen molar-refractivity contribution in [3.63, 3.8) is 0 Å². The van der Waals surface area contributed by atoms with Crippen molar-refractivity contribution in [2.75, 3.05) is 6.54 Å². The Morgan fingerprint density at radius 1 is 1.44 bits per heavy atom. The van der Waals surface area contributed by atoms with E-state index in [1.807, 2.05) is 20.8 Å². The number of amides is 1. The summed E-state index contributed by atoms with van der Waals surface area (Å²) in [6.45, 7) is 6.18. The Labute approximate surface area is 96.6 Å². The van der Waals surface area contributed by atoms with Crippen molar-refractivity contribution in [2.45, 2.75) is 58.3 Å². The number of hydrogen-bond acceptors (Lipinski definition) is 3. The molecular formula is C12H21NO3. The molecule has 1 spiro atoms. The Kier molecular flexibility index (Phi) is 2.65. The molecule has 4 heteroatoms. The molecule has 2 rings (SSSR count). The minimum atomic E-state index is -0.657. The van der Waals surface area contributed by atoms with E-state index in [9.17, 15) is 9.90 Å². The lowest BCUT2D eigenvalue weighted by Gasteiger charge is -2.37. The van der Waals surface area contributed by atoms with Crippen molar-refractivity contribution in [2.24, 2.45) is 5.41 Å².